The molecule has 0 fully saturated rings. The summed E-state index contributed by atoms with van der Waals surface area (Å²) in [5, 5.41) is 39.3. The number of aromatic carboxylic acids is 2. The molecule has 0 aliphatic carbocycles. The lowest BCUT2D eigenvalue weighted by Gasteiger charge is -2.20. The van der Waals surface area contributed by atoms with E-state index in [1.54, 1.807) is 0 Å². The van der Waals surface area contributed by atoms with E-state index in [1.807, 2.05) is 0 Å². The van der Waals surface area contributed by atoms with Crippen LogP contribution in [0.1, 0.15) is 32.8 Å². The van der Waals surface area contributed by atoms with E-state index in [9.17, 15) is 29.4 Å². The number of carboxylic acids is 2. The summed E-state index contributed by atoms with van der Waals surface area (Å²) in [6.07, 6.45) is -3.21. The van der Waals surface area contributed by atoms with Crippen molar-refractivity contribution in [2.24, 2.45) is 0 Å². The van der Waals surface area contributed by atoms with Gasteiger partial charge in [-0.05, 0) is 29.1 Å². The molecule has 2 unspecified atom stereocenters. The molecule has 4 aromatic rings. The minimum absolute atomic E-state index is 0.0113. The van der Waals surface area contributed by atoms with Crippen molar-refractivity contribution in [3.63, 3.8) is 0 Å². The molecule has 0 radical (unpaired) electrons. The van der Waals surface area contributed by atoms with Gasteiger partial charge in [0.15, 0.2) is 5.43 Å². The van der Waals surface area contributed by atoms with Crippen LogP contribution in [-0.2, 0) is 0 Å². The third kappa shape index (κ3) is 4.12. The largest absolute Gasteiger partial charge is 0.490 e. The molecule has 0 saturated carbocycles. The van der Waals surface area contributed by atoms with Crippen LogP contribution < -0.4 is 15.8 Å². The van der Waals surface area contributed by atoms with Crippen LogP contribution in [0.3, 0.4) is 0 Å². The van der Waals surface area contributed by atoms with Gasteiger partial charge in [0.05, 0.1) is 5.39 Å². The highest BCUT2D eigenvalue weighted by Gasteiger charge is 2.24. The van der Waals surface area contributed by atoms with E-state index in [2.05, 4.69) is 0 Å². The van der Waals surface area contributed by atoms with Crippen LogP contribution in [0, 0.1) is 0 Å². The molecule has 0 bridgehead atoms. The molecule has 4 rings (SSSR count). The van der Waals surface area contributed by atoms with Crippen molar-refractivity contribution in [3.05, 3.63) is 86.3 Å². The zero-order chi connectivity index (χ0) is 24.6. The van der Waals surface area contributed by atoms with E-state index < -0.39 is 53.3 Å². The molecule has 34 heavy (non-hydrogen) atoms. The Kier molecular flexibility index (Phi) is 5.88. The van der Waals surface area contributed by atoms with Gasteiger partial charge in [-0.25, -0.2) is 14.4 Å². The van der Waals surface area contributed by atoms with E-state index in [0.29, 0.717) is 0 Å². The van der Waals surface area contributed by atoms with Gasteiger partial charge >= 0.3 is 17.6 Å². The van der Waals surface area contributed by atoms with Gasteiger partial charge in [0, 0.05) is 6.07 Å². The number of benzene rings is 2. The van der Waals surface area contributed by atoms with E-state index in [0.717, 1.165) is 12.1 Å². The lowest BCUT2D eigenvalue weighted by atomic mass is 9.98. The Morgan fingerprint density at radius 1 is 0.882 bits per heavy atom. The third-order valence-electron chi connectivity index (χ3n) is 5.05. The number of aliphatic hydroxyl groups excluding tert-OH is 2. The molecule has 0 saturated heterocycles. The minimum atomic E-state index is -1.63. The molecule has 0 spiro atoms. The molecule has 0 aliphatic rings. The number of hydrogen-bond donors (Lipinski definition) is 4. The molecule has 4 N–H and O–H groups in total. The second-order valence-electron chi connectivity index (χ2n) is 7.25. The van der Waals surface area contributed by atoms with Gasteiger partial charge in [0.2, 0.25) is 11.5 Å². The summed E-state index contributed by atoms with van der Waals surface area (Å²) >= 11 is 0. The second kappa shape index (κ2) is 8.81. The summed E-state index contributed by atoms with van der Waals surface area (Å²) in [6, 6.07) is 10.4. The molecule has 2 aromatic carbocycles. The molecule has 174 valence electrons. The summed E-state index contributed by atoms with van der Waals surface area (Å²) in [7, 11) is 0. The fourth-order valence-corrected chi connectivity index (χ4v) is 3.50. The molecule has 11 nitrogen and oxygen atoms in total. The lowest BCUT2D eigenvalue weighted by Crippen LogP contribution is -2.27. The average molecular weight is 468 g/mol. The topological polar surface area (TPSA) is 185 Å². The van der Waals surface area contributed by atoms with Gasteiger partial charge in [-0.3, -0.25) is 4.79 Å². The van der Waals surface area contributed by atoms with Crippen molar-refractivity contribution in [1.82, 2.24) is 0 Å². The number of fused-ring (bicyclic) bond motifs is 2. The van der Waals surface area contributed by atoms with Gasteiger partial charge in [-0.1, -0.05) is 24.3 Å². The quantitative estimate of drug-likeness (QED) is 0.310. The maximum absolute atomic E-state index is 12.4. The Bertz CT molecular complexity index is 1550. The van der Waals surface area contributed by atoms with Crippen LogP contribution in [0.5, 0.6) is 5.75 Å². The van der Waals surface area contributed by atoms with Crippen LogP contribution in [0.15, 0.2) is 67.0 Å². The second-order valence-corrected chi connectivity index (χ2v) is 7.25. The van der Waals surface area contributed by atoms with Crippen LogP contribution >= 0.6 is 0 Å². The van der Waals surface area contributed by atoms with Gasteiger partial charge in [-0.15, -0.1) is 0 Å². The Balaban J connectivity index is 1.63. The van der Waals surface area contributed by atoms with Crippen LogP contribution in [0.4, 0.5) is 0 Å². The first-order valence-corrected chi connectivity index (χ1v) is 9.76. The number of carbonyl (C=O) groups is 2. The molecule has 2 atom stereocenters. The third-order valence-corrected chi connectivity index (χ3v) is 5.05. The van der Waals surface area contributed by atoms with Crippen molar-refractivity contribution >= 4 is 33.7 Å². The summed E-state index contributed by atoms with van der Waals surface area (Å²) in [6.45, 7) is -0.519. The molecular weight excluding hydrogens is 452 g/mol. The highest BCUT2D eigenvalue weighted by atomic mass is 16.5. The van der Waals surface area contributed by atoms with Crippen molar-refractivity contribution < 1.29 is 43.6 Å². The average Bonchev–Trinajstić information content (AvgIpc) is 2.81. The zero-order valence-electron chi connectivity index (χ0n) is 17.1. The highest BCUT2D eigenvalue weighted by molar-refractivity contribution is 5.92. The predicted octanol–water partition coefficient (Wildman–Crippen LogP) is 1.77. The van der Waals surface area contributed by atoms with E-state index in [1.165, 1.54) is 36.4 Å². The Morgan fingerprint density at radius 3 is 2.26 bits per heavy atom. The van der Waals surface area contributed by atoms with Crippen molar-refractivity contribution in [2.45, 2.75) is 12.2 Å². The lowest BCUT2D eigenvalue weighted by molar-refractivity contribution is -0.00806. The smallest absolute Gasteiger partial charge is 0.371 e. The zero-order valence-corrected chi connectivity index (χ0v) is 17.1. The maximum atomic E-state index is 12.4. The number of carboxylic acid groups (broad SMARTS) is 2. The molecular formula is C23H16O11. The molecule has 0 aliphatic heterocycles. The van der Waals surface area contributed by atoms with Crippen molar-refractivity contribution in [2.75, 3.05) is 6.61 Å². The molecule has 11 heteroatoms. The Hall–Kier alpha value is -4.48. The number of rotatable bonds is 7. The van der Waals surface area contributed by atoms with Gasteiger partial charge in [-0.2, -0.15) is 0 Å². The summed E-state index contributed by atoms with van der Waals surface area (Å²) in [5.74, 6) is -4.00. The van der Waals surface area contributed by atoms with Crippen molar-refractivity contribution in [3.8, 4) is 5.75 Å². The summed E-state index contributed by atoms with van der Waals surface area (Å²) < 4.78 is 15.5. The molecule has 2 heterocycles. The Morgan fingerprint density at radius 2 is 1.56 bits per heavy atom. The van der Waals surface area contributed by atoms with Crippen LogP contribution in [0.25, 0.3) is 21.7 Å². The SMILES string of the molecule is O=C(O)c1cc2cccc(C(O)C(O)COc3cccc4oc(C(=O)O)cc(=O)c34)c2c(=O)o1. The Labute approximate surface area is 188 Å². The predicted molar refractivity (Wildman–Crippen MR) is 115 cm³/mol. The van der Waals surface area contributed by atoms with Crippen LogP contribution in [-0.4, -0.2) is 45.1 Å². The van der Waals surface area contributed by atoms with Gasteiger partial charge < -0.3 is 34.0 Å². The molecule has 0 amide bonds. The van der Waals surface area contributed by atoms with E-state index >= 15 is 0 Å². The summed E-state index contributed by atoms with van der Waals surface area (Å²) in [5.41, 5.74) is -1.73. The molecule has 2 aromatic heterocycles. The standard InChI is InChI=1S/C23H16O11/c24-12-8-17(22(29)30)33-15-6-2-5-14(19(12)15)32-9-13(25)20(26)11-4-1-3-10-7-16(21(27)28)34-23(31)18(10)11/h1-8,13,20,25-26H,9H2,(H,27,28)(H,29,30). The fourth-order valence-electron chi connectivity index (χ4n) is 3.50. The maximum Gasteiger partial charge on any atom is 0.371 e. The first kappa shape index (κ1) is 22.7. The first-order valence-electron chi connectivity index (χ1n) is 9.76. The number of aliphatic hydroxyl groups is 2. The normalized spacial score (nSPS) is 13.0. The van der Waals surface area contributed by atoms with Gasteiger partial charge in [0.25, 0.3) is 0 Å². The first-order chi connectivity index (χ1) is 16.2. The summed E-state index contributed by atoms with van der Waals surface area (Å²) in [4.78, 5) is 46.9. The monoisotopic (exact) mass is 468 g/mol. The fraction of sp³-hybridized carbons (Fsp3) is 0.130. The minimum Gasteiger partial charge on any atom is -0.490 e. The van der Waals surface area contributed by atoms with Crippen LogP contribution in [0.2, 0.25) is 0 Å². The number of ether oxygens (including phenoxy) is 1. The van der Waals surface area contributed by atoms with E-state index in [4.69, 9.17) is 23.8 Å². The number of hydrogen-bond acceptors (Lipinski definition) is 9. The van der Waals surface area contributed by atoms with Gasteiger partial charge in [0.1, 0.15) is 35.5 Å². The highest BCUT2D eigenvalue weighted by Crippen LogP contribution is 2.27. The van der Waals surface area contributed by atoms with Crippen molar-refractivity contribution in [1.29, 1.82) is 0 Å². The van der Waals surface area contributed by atoms with E-state index in [-0.39, 0.29) is 33.1 Å².